The van der Waals surface area contributed by atoms with Crippen LogP contribution in [0.2, 0.25) is 0 Å². The molecule has 0 aromatic heterocycles. The number of aryl methyl sites for hydroxylation is 1. The third-order valence-corrected chi connectivity index (χ3v) is 5.46. The van der Waals surface area contributed by atoms with Crippen LogP contribution in [0.1, 0.15) is 55.5 Å². The minimum absolute atomic E-state index is 0.0113. The van der Waals surface area contributed by atoms with E-state index in [1.165, 1.54) is 11.1 Å². The van der Waals surface area contributed by atoms with Crippen LogP contribution in [0.3, 0.4) is 0 Å². The van der Waals surface area contributed by atoms with Crippen LogP contribution < -0.4 is 10.1 Å². The molecule has 0 aliphatic carbocycles. The molecule has 0 bridgehead atoms. The Morgan fingerprint density at radius 3 is 2.57 bits per heavy atom. The van der Waals surface area contributed by atoms with E-state index >= 15 is 0 Å². The van der Waals surface area contributed by atoms with Crippen LogP contribution in [0.5, 0.6) is 5.75 Å². The van der Waals surface area contributed by atoms with Crippen molar-refractivity contribution in [3.05, 3.63) is 64.7 Å². The van der Waals surface area contributed by atoms with Crippen molar-refractivity contribution < 1.29 is 14.3 Å². The topological polar surface area (TPSA) is 58.6 Å². The van der Waals surface area contributed by atoms with Crippen molar-refractivity contribution in [2.45, 2.75) is 46.6 Å². The van der Waals surface area contributed by atoms with Crippen LogP contribution in [0, 0.1) is 12.8 Å². The van der Waals surface area contributed by atoms with Crippen molar-refractivity contribution in [3.63, 3.8) is 0 Å². The first-order valence-corrected chi connectivity index (χ1v) is 10.8. The first-order valence-electron chi connectivity index (χ1n) is 10.8. The van der Waals surface area contributed by atoms with Gasteiger partial charge in [0, 0.05) is 19.0 Å². The molecule has 1 heterocycles. The first kappa shape index (κ1) is 21.9. The van der Waals surface area contributed by atoms with Crippen molar-refractivity contribution in [3.8, 4) is 5.75 Å². The average molecular weight is 409 g/mol. The van der Waals surface area contributed by atoms with E-state index in [0.717, 1.165) is 24.0 Å². The van der Waals surface area contributed by atoms with Crippen LogP contribution in [0.4, 0.5) is 0 Å². The highest BCUT2D eigenvalue weighted by atomic mass is 16.5. The molecule has 3 rings (SSSR count). The van der Waals surface area contributed by atoms with Gasteiger partial charge in [0.1, 0.15) is 5.75 Å². The Labute approximate surface area is 179 Å². The van der Waals surface area contributed by atoms with Gasteiger partial charge in [0.15, 0.2) is 6.61 Å². The maximum Gasteiger partial charge on any atom is 0.257 e. The highest BCUT2D eigenvalue weighted by molar-refractivity contribution is 5.80. The number of hydrogen-bond donors (Lipinski definition) is 1. The second-order valence-electron chi connectivity index (χ2n) is 8.25. The summed E-state index contributed by atoms with van der Waals surface area (Å²) >= 11 is 0. The lowest BCUT2D eigenvalue weighted by Crippen LogP contribution is -2.42. The molecule has 160 valence electrons. The minimum Gasteiger partial charge on any atom is -0.484 e. The van der Waals surface area contributed by atoms with Crippen molar-refractivity contribution in [2.24, 2.45) is 5.92 Å². The fraction of sp³-hybridized carbons (Fsp3) is 0.440. The predicted molar refractivity (Wildman–Crippen MR) is 119 cm³/mol. The molecule has 1 aliphatic rings. The molecule has 1 aliphatic heterocycles. The predicted octanol–water partition coefficient (Wildman–Crippen LogP) is 4.03. The summed E-state index contributed by atoms with van der Waals surface area (Å²) in [4.78, 5) is 26.9. The smallest absolute Gasteiger partial charge is 0.257 e. The average Bonchev–Trinajstić information content (AvgIpc) is 2.75. The SMILES string of the molecule is CCCNC(=O)COc1ccc2c(c1)C(c1ccc(C)cc1)N(C(=O)C(C)C)CC2. The Morgan fingerprint density at radius 1 is 1.17 bits per heavy atom. The molecular weight excluding hydrogens is 376 g/mol. The van der Waals surface area contributed by atoms with Gasteiger partial charge in [0.25, 0.3) is 5.91 Å². The largest absolute Gasteiger partial charge is 0.484 e. The van der Waals surface area contributed by atoms with E-state index in [1.54, 1.807) is 0 Å². The number of carbonyl (C=O) groups is 2. The zero-order chi connectivity index (χ0) is 21.7. The molecule has 0 saturated carbocycles. The maximum absolute atomic E-state index is 13.0. The second-order valence-corrected chi connectivity index (χ2v) is 8.25. The Hall–Kier alpha value is -2.82. The summed E-state index contributed by atoms with van der Waals surface area (Å²) in [5.74, 6) is 0.607. The van der Waals surface area contributed by atoms with E-state index in [-0.39, 0.29) is 30.4 Å². The normalized spacial score (nSPS) is 15.6. The summed E-state index contributed by atoms with van der Waals surface area (Å²) in [5.41, 5.74) is 4.57. The molecule has 2 aromatic rings. The first-order chi connectivity index (χ1) is 14.4. The number of carbonyl (C=O) groups excluding carboxylic acids is 2. The maximum atomic E-state index is 13.0. The summed E-state index contributed by atoms with van der Waals surface area (Å²) < 4.78 is 5.76. The van der Waals surface area contributed by atoms with Gasteiger partial charge < -0.3 is 15.0 Å². The summed E-state index contributed by atoms with van der Waals surface area (Å²) in [5, 5.41) is 2.82. The Bertz CT molecular complexity index is 890. The van der Waals surface area contributed by atoms with Crippen molar-refractivity contribution in [1.82, 2.24) is 10.2 Å². The summed E-state index contributed by atoms with van der Waals surface area (Å²) in [6, 6.07) is 14.2. The van der Waals surface area contributed by atoms with Gasteiger partial charge in [-0.1, -0.05) is 56.7 Å². The minimum atomic E-state index is -0.151. The highest BCUT2D eigenvalue weighted by Crippen LogP contribution is 2.38. The highest BCUT2D eigenvalue weighted by Gasteiger charge is 2.33. The molecule has 1 unspecified atom stereocenters. The Kier molecular flexibility index (Phi) is 7.14. The molecule has 2 aromatic carbocycles. The quantitative estimate of drug-likeness (QED) is 0.752. The number of amides is 2. The molecule has 1 atom stereocenters. The third-order valence-electron chi connectivity index (χ3n) is 5.46. The van der Waals surface area contributed by atoms with Gasteiger partial charge in [-0.25, -0.2) is 0 Å². The van der Waals surface area contributed by atoms with E-state index in [1.807, 2.05) is 37.8 Å². The molecule has 1 N–H and O–H groups in total. The molecule has 5 nitrogen and oxygen atoms in total. The van der Waals surface area contributed by atoms with Crippen molar-refractivity contribution in [1.29, 1.82) is 0 Å². The summed E-state index contributed by atoms with van der Waals surface area (Å²) in [7, 11) is 0. The zero-order valence-electron chi connectivity index (χ0n) is 18.4. The number of ether oxygens (including phenoxy) is 1. The number of nitrogens with one attached hydrogen (secondary N) is 1. The molecule has 0 saturated heterocycles. The zero-order valence-corrected chi connectivity index (χ0v) is 18.4. The van der Waals surface area contributed by atoms with Crippen molar-refractivity contribution in [2.75, 3.05) is 19.7 Å². The van der Waals surface area contributed by atoms with E-state index in [4.69, 9.17) is 4.74 Å². The van der Waals surface area contributed by atoms with Crippen LogP contribution >= 0.6 is 0 Å². The monoisotopic (exact) mass is 408 g/mol. The van der Waals surface area contributed by atoms with Gasteiger partial charge in [-0.05, 0) is 48.6 Å². The summed E-state index contributed by atoms with van der Waals surface area (Å²) in [6.07, 6.45) is 1.70. The lowest BCUT2D eigenvalue weighted by atomic mass is 9.87. The number of hydrogen-bond acceptors (Lipinski definition) is 3. The molecule has 30 heavy (non-hydrogen) atoms. The lowest BCUT2D eigenvalue weighted by Gasteiger charge is -2.39. The summed E-state index contributed by atoms with van der Waals surface area (Å²) in [6.45, 7) is 9.29. The molecule has 0 spiro atoms. The third kappa shape index (κ3) is 5.02. The number of fused-ring (bicyclic) bond motifs is 1. The van der Waals surface area contributed by atoms with Gasteiger partial charge in [0.2, 0.25) is 5.91 Å². The van der Waals surface area contributed by atoms with Gasteiger partial charge >= 0.3 is 0 Å². The Morgan fingerprint density at radius 2 is 1.90 bits per heavy atom. The number of nitrogens with zero attached hydrogens (tertiary/aromatic N) is 1. The molecular formula is C25H32N2O3. The van der Waals surface area contributed by atoms with Crippen molar-refractivity contribution >= 4 is 11.8 Å². The van der Waals surface area contributed by atoms with E-state index in [2.05, 4.69) is 42.6 Å². The van der Waals surface area contributed by atoms with Gasteiger partial charge in [0.05, 0.1) is 6.04 Å². The number of benzene rings is 2. The molecule has 0 fully saturated rings. The van der Waals surface area contributed by atoms with Gasteiger partial charge in [-0.3, -0.25) is 9.59 Å². The second kappa shape index (κ2) is 9.79. The lowest BCUT2D eigenvalue weighted by molar-refractivity contribution is -0.136. The Balaban J connectivity index is 1.92. The van der Waals surface area contributed by atoms with Crippen LogP contribution in [-0.2, 0) is 16.0 Å². The standard InChI is InChI=1S/C25H32N2O3/c1-5-13-26-23(28)16-30-21-11-10-19-12-14-27(25(29)17(2)3)24(22(19)15-21)20-8-6-18(4)7-9-20/h6-11,15,17,24H,5,12-14,16H2,1-4H3,(H,26,28). The molecule has 5 heteroatoms. The van der Waals surface area contributed by atoms with E-state index < -0.39 is 0 Å². The fourth-order valence-corrected chi connectivity index (χ4v) is 3.82. The van der Waals surface area contributed by atoms with Crippen LogP contribution in [-0.4, -0.2) is 36.4 Å². The molecule has 2 amide bonds. The molecule has 0 radical (unpaired) electrons. The fourth-order valence-electron chi connectivity index (χ4n) is 3.82. The van der Waals surface area contributed by atoms with E-state index in [0.29, 0.717) is 18.8 Å². The van der Waals surface area contributed by atoms with Crippen LogP contribution in [0.15, 0.2) is 42.5 Å². The van der Waals surface area contributed by atoms with E-state index in [9.17, 15) is 9.59 Å². The van der Waals surface area contributed by atoms with Crippen LogP contribution in [0.25, 0.3) is 0 Å². The van der Waals surface area contributed by atoms with Gasteiger partial charge in [-0.2, -0.15) is 0 Å². The number of rotatable bonds is 7. The van der Waals surface area contributed by atoms with Gasteiger partial charge in [-0.15, -0.1) is 0 Å².